The van der Waals surface area contributed by atoms with Crippen molar-refractivity contribution in [3.8, 4) is 11.5 Å². The molecule has 0 aromatic heterocycles. The summed E-state index contributed by atoms with van der Waals surface area (Å²) in [5.74, 6) is 1.82. The standard InChI is InChI=1S/C18H23NO/c1-12-6-8-17(16(9-12)11-15(4)19)20-18-10-13(2)5-7-14(18)3/h5-10,15H,11,19H2,1-4H3. The minimum absolute atomic E-state index is 0.123. The summed E-state index contributed by atoms with van der Waals surface area (Å²) in [6.07, 6.45) is 0.821. The number of ether oxygens (including phenoxy) is 1. The third kappa shape index (κ3) is 3.61. The van der Waals surface area contributed by atoms with Crippen molar-refractivity contribution < 1.29 is 4.74 Å². The molecule has 2 N–H and O–H groups in total. The van der Waals surface area contributed by atoms with E-state index in [-0.39, 0.29) is 6.04 Å². The Balaban J connectivity index is 2.35. The molecule has 0 bridgehead atoms. The summed E-state index contributed by atoms with van der Waals surface area (Å²) in [7, 11) is 0. The van der Waals surface area contributed by atoms with Gasteiger partial charge in [0.25, 0.3) is 0 Å². The summed E-state index contributed by atoms with van der Waals surface area (Å²) in [5.41, 5.74) is 10.7. The van der Waals surface area contributed by atoms with E-state index in [1.165, 1.54) is 16.7 Å². The van der Waals surface area contributed by atoms with Crippen LogP contribution < -0.4 is 10.5 Å². The second kappa shape index (κ2) is 6.10. The topological polar surface area (TPSA) is 35.2 Å². The Morgan fingerprint density at radius 3 is 2.30 bits per heavy atom. The lowest BCUT2D eigenvalue weighted by Crippen LogP contribution is -2.18. The Hall–Kier alpha value is -1.80. The molecule has 0 spiro atoms. The molecule has 106 valence electrons. The van der Waals surface area contributed by atoms with Crippen LogP contribution in [0, 0.1) is 20.8 Å². The Kier molecular flexibility index (Phi) is 4.46. The van der Waals surface area contributed by atoms with Gasteiger partial charge in [-0.25, -0.2) is 0 Å². The lowest BCUT2D eigenvalue weighted by atomic mass is 10.0. The highest BCUT2D eigenvalue weighted by Crippen LogP contribution is 2.30. The molecule has 0 aliphatic carbocycles. The maximum absolute atomic E-state index is 6.12. The quantitative estimate of drug-likeness (QED) is 0.898. The summed E-state index contributed by atoms with van der Waals surface area (Å²) in [6, 6.07) is 12.6. The van der Waals surface area contributed by atoms with E-state index >= 15 is 0 Å². The van der Waals surface area contributed by atoms with Crippen molar-refractivity contribution in [2.75, 3.05) is 0 Å². The van der Waals surface area contributed by atoms with Crippen molar-refractivity contribution >= 4 is 0 Å². The fraction of sp³-hybridized carbons (Fsp3) is 0.333. The molecule has 2 heteroatoms. The molecule has 0 aliphatic heterocycles. The van der Waals surface area contributed by atoms with Gasteiger partial charge in [0.2, 0.25) is 0 Å². The van der Waals surface area contributed by atoms with Gasteiger partial charge < -0.3 is 10.5 Å². The van der Waals surface area contributed by atoms with Crippen LogP contribution in [0.5, 0.6) is 11.5 Å². The molecule has 1 atom stereocenters. The average Bonchev–Trinajstić information content (AvgIpc) is 2.36. The zero-order valence-corrected chi connectivity index (χ0v) is 12.7. The number of hydrogen-bond acceptors (Lipinski definition) is 2. The van der Waals surface area contributed by atoms with Crippen LogP contribution in [-0.4, -0.2) is 6.04 Å². The van der Waals surface area contributed by atoms with E-state index in [2.05, 4.69) is 51.1 Å². The molecule has 2 aromatic rings. The third-order valence-corrected chi connectivity index (χ3v) is 3.32. The molecule has 20 heavy (non-hydrogen) atoms. The van der Waals surface area contributed by atoms with Crippen LogP contribution in [0.1, 0.15) is 29.2 Å². The normalized spacial score (nSPS) is 12.2. The molecule has 2 rings (SSSR count). The Morgan fingerprint density at radius 1 is 0.950 bits per heavy atom. The van der Waals surface area contributed by atoms with Crippen LogP contribution >= 0.6 is 0 Å². The second-order valence-corrected chi connectivity index (χ2v) is 5.66. The van der Waals surface area contributed by atoms with Gasteiger partial charge in [-0.05, 0) is 62.9 Å². The zero-order valence-electron chi connectivity index (χ0n) is 12.7. The van der Waals surface area contributed by atoms with Gasteiger partial charge in [0, 0.05) is 6.04 Å². The predicted molar refractivity (Wildman–Crippen MR) is 84.5 cm³/mol. The highest BCUT2D eigenvalue weighted by molar-refractivity contribution is 5.44. The van der Waals surface area contributed by atoms with E-state index in [1.54, 1.807) is 0 Å². The number of benzene rings is 2. The van der Waals surface area contributed by atoms with Crippen molar-refractivity contribution in [1.29, 1.82) is 0 Å². The van der Waals surface area contributed by atoms with Crippen LogP contribution in [0.15, 0.2) is 36.4 Å². The summed E-state index contributed by atoms with van der Waals surface area (Å²) in [5, 5.41) is 0. The summed E-state index contributed by atoms with van der Waals surface area (Å²) < 4.78 is 6.12. The first kappa shape index (κ1) is 14.6. The van der Waals surface area contributed by atoms with Crippen LogP contribution in [0.3, 0.4) is 0 Å². The SMILES string of the molecule is Cc1ccc(Oc2cc(C)ccc2C)c(CC(C)N)c1. The van der Waals surface area contributed by atoms with Gasteiger partial charge in [0.15, 0.2) is 0 Å². The number of hydrogen-bond donors (Lipinski definition) is 1. The maximum Gasteiger partial charge on any atom is 0.130 e. The van der Waals surface area contributed by atoms with E-state index in [1.807, 2.05) is 13.0 Å². The summed E-state index contributed by atoms with van der Waals surface area (Å²) in [6.45, 7) is 8.24. The molecule has 0 fully saturated rings. The Morgan fingerprint density at radius 2 is 1.60 bits per heavy atom. The Labute approximate surface area is 121 Å². The van der Waals surface area contributed by atoms with Crippen molar-refractivity contribution in [2.45, 2.75) is 40.2 Å². The fourth-order valence-corrected chi connectivity index (χ4v) is 2.25. The summed E-state index contributed by atoms with van der Waals surface area (Å²) in [4.78, 5) is 0. The highest BCUT2D eigenvalue weighted by Gasteiger charge is 2.09. The van der Waals surface area contributed by atoms with Crippen LogP contribution in [-0.2, 0) is 6.42 Å². The molecule has 2 aromatic carbocycles. The smallest absolute Gasteiger partial charge is 0.130 e. The molecular weight excluding hydrogens is 246 g/mol. The molecule has 0 saturated carbocycles. The molecule has 0 radical (unpaired) electrons. The molecular formula is C18H23NO. The van der Waals surface area contributed by atoms with Gasteiger partial charge in [0.1, 0.15) is 11.5 Å². The van der Waals surface area contributed by atoms with Crippen LogP contribution in [0.4, 0.5) is 0 Å². The van der Waals surface area contributed by atoms with Gasteiger partial charge in [-0.15, -0.1) is 0 Å². The highest BCUT2D eigenvalue weighted by atomic mass is 16.5. The van der Waals surface area contributed by atoms with Gasteiger partial charge >= 0.3 is 0 Å². The van der Waals surface area contributed by atoms with Gasteiger partial charge in [-0.1, -0.05) is 29.8 Å². The molecule has 2 nitrogen and oxygen atoms in total. The van der Waals surface area contributed by atoms with Gasteiger partial charge in [-0.2, -0.15) is 0 Å². The van der Waals surface area contributed by atoms with Crippen molar-refractivity contribution in [1.82, 2.24) is 0 Å². The third-order valence-electron chi connectivity index (χ3n) is 3.32. The van der Waals surface area contributed by atoms with E-state index in [0.717, 1.165) is 23.5 Å². The average molecular weight is 269 g/mol. The molecule has 0 saturated heterocycles. The molecule has 0 amide bonds. The number of rotatable bonds is 4. The largest absolute Gasteiger partial charge is 0.457 e. The Bertz CT molecular complexity index is 602. The summed E-state index contributed by atoms with van der Waals surface area (Å²) >= 11 is 0. The first-order valence-corrected chi connectivity index (χ1v) is 7.06. The van der Waals surface area contributed by atoms with Crippen molar-refractivity contribution in [2.24, 2.45) is 5.73 Å². The first-order valence-electron chi connectivity index (χ1n) is 7.06. The number of nitrogens with two attached hydrogens (primary N) is 1. The lowest BCUT2D eigenvalue weighted by molar-refractivity contribution is 0.469. The minimum atomic E-state index is 0.123. The predicted octanol–water partition coefficient (Wildman–Crippen LogP) is 4.29. The fourth-order valence-electron chi connectivity index (χ4n) is 2.25. The van der Waals surface area contributed by atoms with Crippen molar-refractivity contribution in [3.05, 3.63) is 58.7 Å². The molecule has 0 heterocycles. The van der Waals surface area contributed by atoms with E-state index in [0.29, 0.717) is 0 Å². The van der Waals surface area contributed by atoms with Gasteiger partial charge in [-0.3, -0.25) is 0 Å². The molecule has 0 aliphatic rings. The van der Waals surface area contributed by atoms with Gasteiger partial charge in [0.05, 0.1) is 0 Å². The van der Waals surface area contributed by atoms with E-state index in [9.17, 15) is 0 Å². The van der Waals surface area contributed by atoms with Crippen LogP contribution in [0.2, 0.25) is 0 Å². The van der Waals surface area contributed by atoms with E-state index in [4.69, 9.17) is 10.5 Å². The molecule has 1 unspecified atom stereocenters. The van der Waals surface area contributed by atoms with Crippen LogP contribution in [0.25, 0.3) is 0 Å². The maximum atomic E-state index is 6.12. The van der Waals surface area contributed by atoms with Crippen molar-refractivity contribution in [3.63, 3.8) is 0 Å². The first-order chi connectivity index (χ1) is 9.45. The monoisotopic (exact) mass is 269 g/mol. The number of aryl methyl sites for hydroxylation is 3. The minimum Gasteiger partial charge on any atom is -0.457 e. The van der Waals surface area contributed by atoms with E-state index < -0.39 is 0 Å². The lowest BCUT2D eigenvalue weighted by Gasteiger charge is -2.15. The second-order valence-electron chi connectivity index (χ2n) is 5.66. The zero-order chi connectivity index (χ0) is 14.7.